The average molecular weight is 270 g/mol. The molecule has 4 heteroatoms. The minimum absolute atomic E-state index is 0.0987. The van der Waals surface area contributed by atoms with Gasteiger partial charge in [-0.2, -0.15) is 5.10 Å². The molecule has 0 saturated heterocycles. The molecule has 0 spiro atoms. The van der Waals surface area contributed by atoms with Gasteiger partial charge in [-0.3, -0.25) is 9.58 Å². The number of aromatic nitrogens is 2. The largest absolute Gasteiger partial charge is 0.323 e. The van der Waals surface area contributed by atoms with E-state index in [1.54, 1.807) is 0 Å². The molecule has 0 fully saturated rings. The molecule has 1 aromatic heterocycles. The van der Waals surface area contributed by atoms with Gasteiger partial charge in [0, 0.05) is 37.4 Å². The zero-order chi connectivity index (χ0) is 14.1. The van der Waals surface area contributed by atoms with Gasteiger partial charge in [-0.1, -0.05) is 24.3 Å². The maximum absolute atomic E-state index is 6.49. The Hall–Kier alpha value is -1.65. The van der Waals surface area contributed by atoms with Crippen LogP contribution in [-0.4, -0.2) is 27.8 Å². The minimum atomic E-state index is 0.0987. The highest BCUT2D eigenvalue weighted by Gasteiger charge is 2.29. The normalized spacial score (nSPS) is 22.0. The molecule has 1 aliphatic rings. The van der Waals surface area contributed by atoms with Gasteiger partial charge >= 0.3 is 0 Å². The van der Waals surface area contributed by atoms with E-state index >= 15 is 0 Å². The molecule has 4 nitrogen and oxygen atoms in total. The number of rotatable bonds is 3. The summed E-state index contributed by atoms with van der Waals surface area (Å²) in [4.78, 5) is 2.36. The summed E-state index contributed by atoms with van der Waals surface area (Å²) in [5.74, 6) is 0. The van der Waals surface area contributed by atoms with Crippen LogP contribution in [0, 0.1) is 0 Å². The molecule has 1 aliphatic carbocycles. The van der Waals surface area contributed by atoms with Crippen LogP contribution in [0.1, 0.15) is 29.2 Å². The van der Waals surface area contributed by atoms with Crippen molar-refractivity contribution >= 4 is 0 Å². The first-order valence-electron chi connectivity index (χ1n) is 7.16. The van der Waals surface area contributed by atoms with E-state index in [0.717, 1.165) is 19.4 Å². The van der Waals surface area contributed by atoms with Gasteiger partial charge in [0.15, 0.2) is 0 Å². The number of hydrogen-bond donors (Lipinski definition) is 1. The lowest BCUT2D eigenvalue weighted by Gasteiger charge is -2.37. The van der Waals surface area contributed by atoms with Crippen molar-refractivity contribution < 1.29 is 0 Å². The number of hydrogen-bond acceptors (Lipinski definition) is 3. The van der Waals surface area contributed by atoms with Gasteiger partial charge in [0.1, 0.15) is 0 Å². The third kappa shape index (κ3) is 2.49. The van der Waals surface area contributed by atoms with E-state index in [1.165, 1.54) is 16.7 Å². The molecule has 1 heterocycles. The van der Waals surface area contributed by atoms with Crippen molar-refractivity contribution in [1.82, 2.24) is 14.7 Å². The van der Waals surface area contributed by atoms with E-state index in [-0.39, 0.29) is 6.04 Å². The second kappa shape index (κ2) is 5.38. The van der Waals surface area contributed by atoms with Crippen molar-refractivity contribution in [2.75, 3.05) is 7.05 Å². The van der Waals surface area contributed by atoms with Crippen molar-refractivity contribution in [1.29, 1.82) is 0 Å². The fourth-order valence-electron chi connectivity index (χ4n) is 3.23. The number of fused-ring (bicyclic) bond motifs is 1. The van der Waals surface area contributed by atoms with Crippen LogP contribution in [0.2, 0.25) is 0 Å². The summed E-state index contributed by atoms with van der Waals surface area (Å²) in [5.41, 5.74) is 10.4. The Balaban J connectivity index is 1.75. The number of aryl methyl sites for hydroxylation is 2. The highest BCUT2D eigenvalue weighted by molar-refractivity contribution is 5.33. The van der Waals surface area contributed by atoms with Crippen molar-refractivity contribution in [2.24, 2.45) is 12.8 Å². The van der Waals surface area contributed by atoms with Crippen LogP contribution in [0.3, 0.4) is 0 Å². The second-order valence-electron chi connectivity index (χ2n) is 5.77. The van der Waals surface area contributed by atoms with E-state index in [2.05, 4.69) is 47.5 Å². The van der Waals surface area contributed by atoms with Crippen molar-refractivity contribution in [3.05, 3.63) is 53.3 Å². The molecule has 2 aromatic rings. The van der Waals surface area contributed by atoms with Crippen LogP contribution in [0.5, 0.6) is 0 Å². The molecule has 0 amide bonds. The number of likely N-dealkylation sites (N-methyl/N-ethyl adjacent to an activating group) is 1. The van der Waals surface area contributed by atoms with Gasteiger partial charge in [0.25, 0.3) is 0 Å². The highest BCUT2D eigenvalue weighted by Crippen LogP contribution is 2.31. The van der Waals surface area contributed by atoms with Crippen molar-refractivity contribution in [3.8, 4) is 0 Å². The smallest absolute Gasteiger partial charge is 0.0534 e. The van der Waals surface area contributed by atoms with Crippen LogP contribution in [-0.2, 0) is 20.0 Å². The molecule has 2 atom stereocenters. The fourth-order valence-corrected chi connectivity index (χ4v) is 3.23. The third-order valence-electron chi connectivity index (χ3n) is 4.29. The Bertz CT molecular complexity index is 590. The Kier molecular flexibility index (Phi) is 3.59. The minimum Gasteiger partial charge on any atom is -0.323 e. The monoisotopic (exact) mass is 270 g/mol. The van der Waals surface area contributed by atoms with E-state index < -0.39 is 0 Å². The maximum Gasteiger partial charge on any atom is 0.0534 e. The summed E-state index contributed by atoms with van der Waals surface area (Å²) in [6.45, 7) is 0.897. The SMILES string of the molecule is CN(Cc1cnn(C)c1)C1CCc2ccccc2C1N. The lowest BCUT2D eigenvalue weighted by molar-refractivity contribution is 0.184. The van der Waals surface area contributed by atoms with E-state index in [4.69, 9.17) is 5.73 Å². The van der Waals surface area contributed by atoms with Gasteiger partial charge in [-0.25, -0.2) is 0 Å². The molecule has 0 radical (unpaired) electrons. The Labute approximate surface area is 120 Å². The van der Waals surface area contributed by atoms with Crippen molar-refractivity contribution in [2.45, 2.75) is 31.5 Å². The lowest BCUT2D eigenvalue weighted by atomic mass is 9.84. The topological polar surface area (TPSA) is 47.1 Å². The van der Waals surface area contributed by atoms with Gasteiger partial charge < -0.3 is 5.73 Å². The number of benzene rings is 1. The summed E-state index contributed by atoms with van der Waals surface area (Å²) in [6, 6.07) is 9.05. The fraction of sp³-hybridized carbons (Fsp3) is 0.438. The Morgan fingerprint density at radius 3 is 2.95 bits per heavy atom. The van der Waals surface area contributed by atoms with Crippen molar-refractivity contribution in [3.63, 3.8) is 0 Å². The van der Waals surface area contributed by atoms with Crippen LogP contribution >= 0.6 is 0 Å². The van der Waals surface area contributed by atoms with Gasteiger partial charge in [0.05, 0.1) is 6.20 Å². The highest BCUT2D eigenvalue weighted by atomic mass is 15.2. The zero-order valence-electron chi connectivity index (χ0n) is 12.2. The van der Waals surface area contributed by atoms with Crippen LogP contribution < -0.4 is 5.73 Å². The summed E-state index contributed by atoms with van der Waals surface area (Å²) in [6.07, 6.45) is 6.23. The van der Waals surface area contributed by atoms with Gasteiger partial charge in [0.2, 0.25) is 0 Å². The van der Waals surface area contributed by atoms with Gasteiger partial charge in [-0.15, -0.1) is 0 Å². The molecule has 2 N–H and O–H groups in total. The summed E-state index contributed by atoms with van der Waals surface area (Å²) in [5, 5.41) is 4.23. The molecule has 3 rings (SSSR count). The molecular weight excluding hydrogens is 248 g/mol. The first-order valence-corrected chi connectivity index (χ1v) is 7.16. The lowest BCUT2D eigenvalue weighted by Crippen LogP contribution is -2.43. The molecular formula is C16H22N4. The molecule has 106 valence electrons. The Morgan fingerprint density at radius 1 is 1.40 bits per heavy atom. The second-order valence-corrected chi connectivity index (χ2v) is 5.77. The van der Waals surface area contributed by atoms with Crippen LogP contribution in [0.15, 0.2) is 36.7 Å². The summed E-state index contributed by atoms with van der Waals surface area (Å²) >= 11 is 0. The molecule has 20 heavy (non-hydrogen) atoms. The van der Waals surface area contributed by atoms with Gasteiger partial charge in [-0.05, 0) is 31.0 Å². The Morgan fingerprint density at radius 2 is 2.20 bits per heavy atom. The first kappa shape index (κ1) is 13.3. The zero-order valence-corrected chi connectivity index (χ0v) is 12.2. The standard InChI is InChI=1S/C16H22N4/c1-19(10-12-9-18-20(2)11-12)15-8-7-13-5-3-4-6-14(13)16(15)17/h3-6,9,11,15-16H,7-8,10,17H2,1-2H3. The average Bonchev–Trinajstić information content (AvgIpc) is 2.84. The molecule has 2 unspecified atom stereocenters. The summed E-state index contributed by atoms with van der Waals surface area (Å²) in [7, 11) is 4.11. The third-order valence-corrected chi connectivity index (χ3v) is 4.29. The number of nitrogens with two attached hydrogens (primary N) is 1. The first-order chi connectivity index (χ1) is 9.65. The number of nitrogens with zero attached hydrogens (tertiary/aromatic N) is 3. The maximum atomic E-state index is 6.49. The molecule has 0 saturated carbocycles. The predicted octanol–water partition coefficient (Wildman–Crippen LogP) is 1.87. The van der Waals surface area contributed by atoms with Crippen LogP contribution in [0.25, 0.3) is 0 Å². The quantitative estimate of drug-likeness (QED) is 0.926. The van der Waals surface area contributed by atoms with E-state index in [9.17, 15) is 0 Å². The molecule has 0 bridgehead atoms. The summed E-state index contributed by atoms with van der Waals surface area (Å²) < 4.78 is 1.85. The van der Waals surface area contributed by atoms with E-state index in [0.29, 0.717) is 6.04 Å². The van der Waals surface area contributed by atoms with Crippen LogP contribution in [0.4, 0.5) is 0 Å². The predicted molar refractivity (Wildman–Crippen MR) is 80.2 cm³/mol. The molecule has 0 aliphatic heterocycles. The van der Waals surface area contributed by atoms with E-state index in [1.807, 2.05) is 17.9 Å². The molecule has 1 aromatic carbocycles.